The molecule has 0 radical (unpaired) electrons. The Labute approximate surface area is 146 Å². The van der Waals surface area contributed by atoms with Crippen LogP contribution in [0, 0.1) is 10.1 Å². The van der Waals surface area contributed by atoms with Gasteiger partial charge in [0.2, 0.25) is 6.04 Å². The van der Waals surface area contributed by atoms with Gasteiger partial charge in [-0.2, -0.15) is 0 Å². The van der Waals surface area contributed by atoms with E-state index >= 15 is 0 Å². The summed E-state index contributed by atoms with van der Waals surface area (Å²) < 4.78 is 4.80. The van der Waals surface area contributed by atoms with Crippen LogP contribution >= 0.6 is 0 Å². The summed E-state index contributed by atoms with van der Waals surface area (Å²) in [6, 6.07) is 17.0. The lowest BCUT2D eigenvalue weighted by Crippen LogP contribution is -2.29. The maximum Gasteiger partial charge on any atom is 0.330 e. The monoisotopic (exact) mass is 340 g/mol. The molecule has 0 fully saturated rings. The van der Waals surface area contributed by atoms with Crippen LogP contribution in [0.5, 0.6) is 0 Å². The highest BCUT2D eigenvalue weighted by molar-refractivity contribution is 6.13. The van der Waals surface area contributed by atoms with E-state index in [9.17, 15) is 14.9 Å². The number of benzene rings is 2. The zero-order valence-corrected chi connectivity index (χ0v) is 14.2. The highest BCUT2D eigenvalue weighted by Crippen LogP contribution is 2.15. The third-order valence-corrected chi connectivity index (χ3v) is 3.78. The minimum absolute atomic E-state index is 0.0250. The lowest BCUT2D eigenvalue weighted by atomic mass is 10.0. The van der Waals surface area contributed by atoms with E-state index in [2.05, 4.69) is 4.99 Å². The number of hydrogen-bond acceptors (Lipinski definition) is 5. The minimum atomic E-state index is -0.944. The molecule has 0 heterocycles. The molecule has 25 heavy (non-hydrogen) atoms. The quantitative estimate of drug-likeness (QED) is 0.336. The Hall–Kier alpha value is -3.02. The van der Waals surface area contributed by atoms with E-state index in [1.807, 2.05) is 60.7 Å². The largest absolute Gasteiger partial charge is 0.467 e. The molecule has 0 amide bonds. The van der Waals surface area contributed by atoms with Crippen LogP contribution in [0.3, 0.4) is 0 Å². The first-order valence-corrected chi connectivity index (χ1v) is 7.93. The summed E-state index contributed by atoms with van der Waals surface area (Å²) in [4.78, 5) is 27.2. The number of carbonyl (C=O) groups excluding carboxylic acids is 1. The molecule has 0 aliphatic rings. The molecule has 0 unspecified atom stereocenters. The van der Waals surface area contributed by atoms with Crippen molar-refractivity contribution in [1.82, 2.24) is 0 Å². The van der Waals surface area contributed by atoms with Gasteiger partial charge in [-0.05, 0) is 0 Å². The van der Waals surface area contributed by atoms with Crippen LogP contribution in [-0.4, -0.2) is 35.8 Å². The van der Waals surface area contributed by atoms with Crippen molar-refractivity contribution in [2.45, 2.75) is 25.4 Å². The van der Waals surface area contributed by atoms with E-state index in [-0.39, 0.29) is 6.42 Å². The van der Waals surface area contributed by atoms with E-state index < -0.39 is 23.0 Å². The number of carbonyl (C=O) groups is 1. The summed E-state index contributed by atoms with van der Waals surface area (Å²) in [7, 11) is 1.26. The van der Waals surface area contributed by atoms with Gasteiger partial charge in [0.1, 0.15) is 0 Å². The molecule has 2 atom stereocenters. The van der Waals surface area contributed by atoms with Crippen LogP contribution in [-0.2, 0) is 9.53 Å². The van der Waals surface area contributed by atoms with Crippen molar-refractivity contribution in [2.75, 3.05) is 7.11 Å². The number of esters is 1. The standard InChI is InChI=1S/C19H20N2O4/c1-14(21(23)24)13-17(19(22)25-2)20-18(15-9-5-3-6-10-15)16-11-7-4-8-12-16/h3-12,14,17H,13H2,1-2H3/t14-,17-/m0/s1. The van der Waals surface area contributed by atoms with Gasteiger partial charge >= 0.3 is 5.97 Å². The zero-order valence-electron chi connectivity index (χ0n) is 14.2. The van der Waals surface area contributed by atoms with Crippen molar-refractivity contribution in [3.05, 3.63) is 81.9 Å². The summed E-state index contributed by atoms with van der Waals surface area (Å²) in [5.41, 5.74) is 2.26. The fraction of sp³-hybridized carbons (Fsp3) is 0.263. The molecule has 130 valence electrons. The van der Waals surface area contributed by atoms with E-state index in [1.165, 1.54) is 14.0 Å². The normalized spacial score (nSPS) is 12.7. The Kier molecular flexibility index (Phi) is 6.39. The van der Waals surface area contributed by atoms with Crippen molar-refractivity contribution < 1.29 is 14.5 Å². The van der Waals surface area contributed by atoms with Gasteiger partial charge in [0.25, 0.3) is 0 Å². The second kappa shape index (κ2) is 8.73. The summed E-state index contributed by atoms with van der Waals surface area (Å²) in [5.74, 6) is -0.585. The van der Waals surface area contributed by atoms with Crippen molar-refractivity contribution in [3.8, 4) is 0 Å². The van der Waals surface area contributed by atoms with Crippen molar-refractivity contribution >= 4 is 11.7 Å². The van der Waals surface area contributed by atoms with Crippen LogP contribution in [0.2, 0.25) is 0 Å². The molecule has 0 saturated heterocycles. The molecule has 0 spiro atoms. The average Bonchev–Trinajstić information content (AvgIpc) is 2.65. The fourth-order valence-corrected chi connectivity index (χ4v) is 2.41. The van der Waals surface area contributed by atoms with Gasteiger partial charge in [0.05, 0.1) is 12.8 Å². The lowest BCUT2D eigenvalue weighted by Gasteiger charge is -2.15. The van der Waals surface area contributed by atoms with Gasteiger partial charge in [0, 0.05) is 29.4 Å². The SMILES string of the molecule is COC(=O)[C@H](C[C@H](C)[N+](=O)[O-])N=C(c1ccccc1)c1ccccc1. The number of nitrogens with zero attached hydrogens (tertiary/aromatic N) is 2. The first-order chi connectivity index (χ1) is 12.0. The summed E-state index contributed by atoms with van der Waals surface area (Å²) in [5, 5.41) is 11.0. The maximum absolute atomic E-state index is 12.1. The molecule has 0 saturated carbocycles. The molecule has 0 aromatic heterocycles. The number of methoxy groups -OCH3 is 1. The van der Waals surface area contributed by atoms with E-state index in [1.54, 1.807) is 0 Å². The van der Waals surface area contributed by atoms with Gasteiger partial charge in [-0.25, -0.2) is 4.79 Å². The topological polar surface area (TPSA) is 81.8 Å². The van der Waals surface area contributed by atoms with Crippen LogP contribution in [0.25, 0.3) is 0 Å². The maximum atomic E-state index is 12.1. The zero-order chi connectivity index (χ0) is 18.2. The second-order valence-electron chi connectivity index (χ2n) is 5.62. The summed E-state index contributed by atoms with van der Waals surface area (Å²) in [6.07, 6.45) is -0.0250. The van der Waals surface area contributed by atoms with Crippen molar-refractivity contribution in [2.24, 2.45) is 4.99 Å². The second-order valence-corrected chi connectivity index (χ2v) is 5.62. The van der Waals surface area contributed by atoms with Gasteiger partial charge in [-0.1, -0.05) is 60.7 Å². The number of hydrogen-bond donors (Lipinski definition) is 0. The number of rotatable bonds is 7. The Morgan fingerprint density at radius 1 is 1.08 bits per heavy atom. The Balaban J connectivity index is 2.48. The van der Waals surface area contributed by atoms with Crippen LogP contribution < -0.4 is 0 Å². The molecule has 2 aromatic rings. The van der Waals surface area contributed by atoms with Gasteiger partial charge in [0.15, 0.2) is 6.04 Å². The van der Waals surface area contributed by atoms with Crippen LogP contribution in [0.15, 0.2) is 65.7 Å². The predicted octanol–water partition coefficient (Wildman–Crippen LogP) is 3.12. The molecular formula is C19H20N2O4. The molecule has 0 N–H and O–H groups in total. The van der Waals surface area contributed by atoms with E-state index in [0.29, 0.717) is 5.71 Å². The highest BCUT2D eigenvalue weighted by atomic mass is 16.6. The Morgan fingerprint density at radius 2 is 1.56 bits per heavy atom. The molecule has 6 heteroatoms. The lowest BCUT2D eigenvalue weighted by molar-refractivity contribution is -0.519. The van der Waals surface area contributed by atoms with Crippen molar-refractivity contribution in [3.63, 3.8) is 0 Å². The third kappa shape index (κ3) is 4.97. The molecular weight excluding hydrogens is 320 g/mol. The van der Waals surface area contributed by atoms with Gasteiger partial charge < -0.3 is 4.74 Å². The predicted molar refractivity (Wildman–Crippen MR) is 95.4 cm³/mol. The molecule has 0 bridgehead atoms. The summed E-state index contributed by atoms with van der Waals surface area (Å²) >= 11 is 0. The molecule has 6 nitrogen and oxygen atoms in total. The van der Waals surface area contributed by atoms with Crippen molar-refractivity contribution in [1.29, 1.82) is 0 Å². The molecule has 2 rings (SSSR count). The van der Waals surface area contributed by atoms with Gasteiger partial charge in [-0.3, -0.25) is 15.1 Å². The number of aliphatic imine (C=N–C) groups is 1. The van der Waals surface area contributed by atoms with Crippen LogP contribution in [0.1, 0.15) is 24.5 Å². The van der Waals surface area contributed by atoms with Gasteiger partial charge in [-0.15, -0.1) is 0 Å². The van der Waals surface area contributed by atoms with E-state index in [4.69, 9.17) is 4.74 Å². The highest BCUT2D eigenvalue weighted by Gasteiger charge is 2.27. The first kappa shape index (κ1) is 18.3. The molecule has 0 aliphatic heterocycles. The first-order valence-electron chi connectivity index (χ1n) is 7.93. The Morgan fingerprint density at radius 3 is 1.96 bits per heavy atom. The smallest absolute Gasteiger partial charge is 0.330 e. The third-order valence-electron chi connectivity index (χ3n) is 3.78. The average molecular weight is 340 g/mol. The fourth-order valence-electron chi connectivity index (χ4n) is 2.41. The Bertz CT molecular complexity index is 703. The minimum Gasteiger partial charge on any atom is -0.467 e. The number of nitro groups is 1. The van der Waals surface area contributed by atoms with Crippen LogP contribution in [0.4, 0.5) is 0 Å². The number of ether oxygens (including phenoxy) is 1. The molecule has 2 aromatic carbocycles. The molecule has 0 aliphatic carbocycles. The summed E-state index contributed by atoms with van der Waals surface area (Å²) in [6.45, 7) is 1.45. The van der Waals surface area contributed by atoms with E-state index in [0.717, 1.165) is 11.1 Å².